The van der Waals surface area contributed by atoms with Crippen molar-refractivity contribution in [2.24, 2.45) is 0 Å². The zero-order valence-corrected chi connectivity index (χ0v) is 18.9. The summed E-state index contributed by atoms with van der Waals surface area (Å²) in [5.41, 5.74) is 2.86. The van der Waals surface area contributed by atoms with Crippen LogP contribution in [0.1, 0.15) is 27.0 Å². The maximum Gasteiger partial charge on any atom is 0.261 e. The summed E-state index contributed by atoms with van der Waals surface area (Å²) in [7, 11) is 3.34. The number of fused-ring (bicyclic) bond motifs is 2. The summed E-state index contributed by atoms with van der Waals surface area (Å²) in [5.74, 6) is 0.717. The molecule has 1 atom stereocenters. The number of methoxy groups -OCH3 is 1. The van der Waals surface area contributed by atoms with Crippen LogP contribution in [0.25, 0.3) is 21.0 Å². The highest BCUT2D eigenvalue weighted by Crippen LogP contribution is 2.38. The van der Waals surface area contributed by atoms with Gasteiger partial charge in [-0.2, -0.15) is 0 Å². The van der Waals surface area contributed by atoms with Crippen molar-refractivity contribution in [3.63, 3.8) is 0 Å². The summed E-state index contributed by atoms with van der Waals surface area (Å²) in [6.45, 7) is 2.85. The van der Waals surface area contributed by atoms with Gasteiger partial charge in [-0.1, -0.05) is 36.4 Å². The smallest absolute Gasteiger partial charge is 0.261 e. The van der Waals surface area contributed by atoms with E-state index in [1.807, 2.05) is 30.3 Å². The minimum Gasteiger partial charge on any atom is -0.494 e. The van der Waals surface area contributed by atoms with Crippen molar-refractivity contribution in [1.29, 1.82) is 0 Å². The van der Waals surface area contributed by atoms with Crippen molar-refractivity contribution < 1.29 is 14.3 Å². The topological polar surface area (TPSA) is 63.7 Å². The normalized spacial score (nSPS) is 17.0. The molecule has 2 aromatic carbocycles. The SMILES string of the molecule is CNC(=O)c1sc2ccccc2c1C1CN(Cc2ccc3cccc(OC)c3n2)CCO1. The average molecular weight is 448 g/mol. The van der Waals surface area contributed by atoms with Gasteiger partial charge in [-0.05, 0) is 23.6 Å². The van der Waals surface area contributed by atoms with Crippen molar-refractivity contribution in [3.05, 3.63) is 70.7 Å². The summed E-state index contributed by atoms with van der Waals surface area (Å²) in [6.07, 6.45) is -0.165. The molecule has 5 rings (SSSR count). The number of amides is 1. The van der Waals surface area contributed by atoms with Crippen LogP contribution in [-0.2, 0) is 11.3 Å². The van der Waals surface area contributed by atoms with Gasteiger partial charge < -0.3 is 14.8 Å². The van der Waals surface area contributed by atoms with E-state index in [4.69, 9.17) is 14.5 Å². The van der Waals surface area contributed by atoms with E-state index in [-0.39, 0.29) is 12.0 Å². The van der Waals surface area contributed by atoms with Crippen molar-refractivity contribution in [2.75, 3.05) is 33.9 Å². The van der Waals surface area contributed by atoms with Crippen LogP contribution >= 0.6 is 11.3 Å². The lowest BCUT2D eigenvalue weighted by Crippen LogP contribution is -2.38. The summed E-state index contributed by atoms with van der Waals surface area (Å²) in [5, 5.41) is 4.94. The van der Waals surface area contributed by atoms with Gasteiger partial charge in [0.15, 0.2) is 0 Å². The molecular weight excluding hydrogens is 422 g/mol. The Balaban J connectivity index is 1.43. The molecule has 0 spiro atoms. The fourth-order valence-electron chi connectivity index (χ4n) is 4.33. The molecule has 0 bridgehead atoms. The second-order valence-corrected chi connectivity index (χ2v) is 8.90. The number of rotatable bonds is 5. The molecule has 0 saturated carbocycles. The Bertz CT molecular complexity index is 1290. The Morgan fingerprint density at radius 2 is 2.09 bits per heavy atom. The van der Waals surface area contributed by atoms with Crippen LogP contribution in [0.5, 0.6) is 5.75 Å². The first-order chi connectivity index (χ1) is 15.7. The highest BCUT2D eigenvalue weighted by molar-refractivity contribution is 7.21. The van der Waals surface area contributed by atoms with Gasteiger partial charge in [0, 0.05) is 42.3 Å². The maximum absolute atomic E-state index is 12.6. The number of nitrogens with zero attached hydrogens (tertiary/aromatic N) is 2. The highest BCUT2D eigenvalue weighted by Gasteiger charge is 2.29. The summed E-state index contributed by atoms with van der Waals surface area (Å²) in [6, 6.07) is 18.3. The molecule has 1 amide bonds. The molecule has 2 aromatic heterocycles. The number of hydrogen-bond donors (Lipinski definition) is 1. The maximum atomic E-state index is 12.6. The monoisotopic (exact) mass is 447 g/mol. The number of carbonyl (C=O) groups excluding carboxylic acids is 1. The van der Waals surface area contributed by atoms with Crippen LogP contribution < -0.4 is 10.1 Å². The molecule has 0 aliphatic carbocycles. The van der Waals surface area contributed by atoms with Crippen molar-refractivity contribution in [3.8, 4) is 5.75 Å². The third-order valence-corrected chi connectivity index (χ3v) is 7.07. The van der Waals surface area contributed by atoms with Crippen molar-refractivity contribution in [2.45, 2.75) is 12.6 Å². The lowest BCUT2D eigenvalue weighted by molar-refractivity contribution is -0.0326. The lowest BCUT2D eigenvalue weighted by atomic mass is 10.0. The molecule has 1 aliphatic heterocycles. The molecule has 1 unspecified atom stereocenters. The number of aromatic nitrogens is 1. The van der Waals surface area contributed by atoms with Crippen LogP contribution in [0, 0.1) is 0 Å². The fourth-order valence-corrected chi connectivity index (χ4v) is 5.53. The number of benzene rings is 2. The minimum atomic E-state index is -0.165. The summed E-state index contributed by atoms with van der Waals surface area (Å²) >= 11 is 1.52. The molecule has 32 heavy (non-hydrogen) atoms. The summed E-state index contributed by atoms with van der Waals surface area (Å²) < 4.78 is 12.8. The zero-order valence-electron chi connectivity index (χ0n) is 18.1. The van der Waals surface area contributed by atoms with Gasteiger partial charge in [0.1, 0.15) is 11.3 Å². The van der Waals surface area contributed by atoms with Crippen LogP contribution in [0.4, 0.5) is 0 Å². The Hall–Kier alpha value is -3.00. The first-order valence-electron chi connectivity index (χ1n) is 10.7. The van der Waals surface area contributed by atoms with E-state index in [2.05, 4.69) is 34.5 Å². The van der Waals surface area contributed by atoms with Gasteiger partial charge in [0.25, 0.3) is 5.91 Å². The molecule has 164 valence electrons. The van der Waals surface area contributed by atoms with Gasteiger partial charge in [0.2, 0.25) is 0 Å². The molecule has 1 N–H and O–H groups in total. The average Bonchev–Trinajstić information content (AvgIpc) is 3.23. The number of para-hydroxylation sites is 1. The van der Waals surface area contributed by atoms with Gasteiger partial charge in [-0.25, -0.2) is 4.98 Å². The van der Waals surface area contributed by atoms with Gasteiger partial charge >= 0.3 is 0 Å². The highest BCUT2D eigenvalue weighted by atomic mass is 32.1. The molecule has 3 heterocycles. The van der Waals surface area contributed by atoms with Gasteiger partial charge in [-0.3, -0.25) is 9.69 Å². The third-order valence-electron chi connectivity index (χ3n) is 5.89. The number of carbonyl (C=O) groups is 1. The Morgan fingerprint density at radius 1 is 1.22 bits per heavy atom. The van der Waals surface area contributed by atoms with Crippen LogP contribution in [0.2, 0.25) is 0 Å². The molecule has 4 aromatic rings. The van der Waals surface area contributed by atoms with E-state index >= 15 is 0 Å². The third kappa shape index (κ3) is 3.83. The number of pyridine rings is 1. The van der Waals surface area contributed by atoms with Crippen molar-refractivity contribution >= 4 is 38.2 Å². The number of morpholine rings is 1. The largest absolute Gasteiger partial charge is 0.494 e. The quantitative estimate of drug-likeness (QED) is 0.492. The molecule has 1 saturated heterocycles. The number of ether oxygens (including phenoxy) is 2. The second-order valence-electron chi connectivity index (χ2n) is 7.85. The molecule has 7 heteroatoms. The molecule has 1 fully saturated rings. The van der Waals surface area contributed by atoms with Crippen LogP contribution in [0.3, 0.4) is 0 Å². The van der Waals surface area contributed by atoms with E-state index in [0.717, 1.165) is 49.4 Å². The molecule has 1 aliphatic rings. The van der Waals surface area contributed by atoms with E-state index in [9.17, 15) is 4.79 Å². The fraction of sp³-hybridized carbons (Fsp3) is 0.280. The zero-order chi connectivity index (χ0) is 22.1. The molecular formula is C25H25N3O3S. The van der Waals surface area contributed by atoms with E-state index in [1.54, 1.807) is 14.2 Å². The first kappa shape index (κ1) is 20.9. The second kappa shape index (κ2) is 8.86. The Labute approximate surface area is 190 Å². The van der Waals surface area contributed by atoms with E-state index in [1.165, 1.54) is 11.3 Å². The number of nitrogens with one attached hydrogen (secondary N) is 1. The predicted octanol–water partition coefficient (Wildman–Crippen LogP) is 4.39. The van der Waals surface area contributed by atoms with Gasteiger partial charge in [0.05, 0.1) is 30.4 Å². The van der Waals surface area contributed by atoms with Gasteiger partial charge in [-0.15, -0.1) is 11.3 Å². The standard InChI is InChI=1S/C25H25N3O3S/c1-26-25(29)24-22(18-7-3-4-9-21(18)32-24)20-15-28(12-13-31-20)14-17-11-10-16-6-5-8-19(30-2)23(16)27-17/h3-11,20H,12-15H2,1-2H3,(H,26,29). The first-order valence-corrected chi connectivity index (χ1v) is 11.5. The van der Waals surface area contributed by atoms with Crippen LogP contribution in [0.15, 0.2) is 54.6 Å². The Kier molecular flexibility index (Phi) is 5.78. The predicted molar refractivity (Wildman–Crippen MR) is 127 cm³/mol. The van der Waals surface area contributed by atoms with E-state index < -0.39 is 0 Å². The lowest BCUT2D eigenvalue weighted by Gasteiger charge is -2.33. The van der Waals surface area contributed by atoms with Crippen molar-refractivity contribution in [1.82, 2.24) is 15.2 Å². The number of hydrogen-bond acceptors (Lipinski definition) is 6. The van der Waals surface area contributed by atoms with E-state index in [0.29, 0.717) is 19.7 Å². The summed E-state index contributed by atoms with van der Waals surface area (Å²) in [4.78, 5) is 20.6. The Morgan fingerprint density at radius 3 is 2.94 bits per heavy atom. The number of thiophene rings is 1. The van der Waals surface area contributed by atoms with Crippen LogP contribution in [-0.4, -0.2) is 49.6 Å². The molecule has 6 nitrogen and oxygen atoms in total. The minimum absolute atomic E-state index is 0.0646. The molecule has 0 radical (unpaired) electrons.